The van der Waals surface area contributed by atoms with Gasteiger partial charge in [-0.15, -0.1) is 0 Å². The van der Waals surface area contributed by atoms with E-state index in [-0.39, 0.29) is 18.5 Å². The van der Waals surface area contributed by atoms with Gasteiger partial charge < -0.3 is 9.73 Å². The zero-order valence-electron chi connectivity index (χ0n) is 14.8. The van der Waals surface area contributed by atoms with Gasteiger partial charge >= 0.3 is 0 Å². The molecule has 1 unspecified atom stereocenters. The van der Waals surface area contributed by atoms with Crippen molar-refractivity contribution in [1.29, 1.82) is 0 Å². The van der Waals surface area contributed by atoms with Crippen molar-refractivity contribution in [1.82, 2.24) is 10.6 Å². The Balaban J connectivity index is 1.63. The van der Waals surface area contributed by atoms with Crippen LogP contribution in [-0.4, -0.2) is 22.3 Å². The Hall–Kier alpha value is -2.84. The number of benzene rings is 2. The van der Waals surface area contributed by atoms with Crippen LogP contribution in [0.5, 0.6) is 0 Å². The first-order chi connectivity index (χ1) is 13.9. The lowest BCUT2D eigenvalue weighted by Crippen LogP contribution is -2.26. The maximum absolute atomic E-state index is 13.8. The van der Waals surface area contributed by atoms with Gasteiger partial charge in [0.25, 0.3) is 11.1 Å². The number of rotatable bonds is 5. The number of amides is 3. The third-order valence-corrected chi connectivity index (χ3v) is 5.99. The fraction of sp³-hybridized carbons (Fsp3) is 0.150. The van der Waals surface area contributed by atoms with Crippen molar-refractivity contribution in [2.75, 3.05) is 0 Å². The molecular weight excluding hydrogens is 419 g/mol. The van der Waals surface area contributed by atoms with Gasteiger partial charge in [0.1, 0.15) is 11.4 Å². The van der Waals surface area contributed by atoms with Gasteiger partial charge in [0.2, 0.25) is 5.91 Å². The third kappa shape index (κ3) is 3.86. The Labute approximate surface area is 173 Å². The summed E-state index contributed by atoms with van der Waals surface area (Å²) in [6, 6.07) is 9.32. The van der Waals surface area contributed by atoms with E-state index in [1.54, 1.807) is 30.3 Å². The van der Waals surface area contributed by atoms with Crippen molar-refractivity contribution < 1.29 is 23.2 Å². The van der Waals surface area contributed by atoms with E-state index < -0.39 is 28.1 Å². The molecule has 4 rings (SSSR count). The van der Waals surface area contributed by atoms with Gasteiger partial charge in [-0.2, -0.15) is 0 Å². The molecule has 0 spiro atoms. The lowest BCUT2D eigenvalue weighted by atomic mass is 10.0. The zero-order chi connectivity index (χ0) is 20.5. The van der Waals surface area contributed by atoms with Crippen molar-refractivity contribution in [2.24, 2.45) is 0 Å². The van der Waals surface area contributed by atoms with Crippen LogP contribution in [0.15, 0.2) is 47.1 Å². The molecule has 1 fully saturated rings. The molecule has 148 valence electrons. The fourth-order valence-electron chi connectivity index (χ4n) is 3.12. The second kappa shape index (κ2) is 7.88. The first-order valence-electron chi connectivity index (χ1n) is 8.65. The molecular formula is C20H14ClFN2O4S. The topological polar surface area (TPSA) is 88.4 Å². The van der Waals surface area contributed by atoms with Gasteiger partial charge in [-0.25, -0.2) is 4.39 Å². The summed E-state index contributed by atoms with van der Waals surface area (Å²) in [6.45, 7) is 0.00104. The van der Waals surface area contributed by atoms with E-state index in [1.807, 2.05) is 0 Å². The molecule has 1 saturated heterocycles. The number of carbonyl (C=O) groups is 3. The molecule has 6 nitrogen and oxygen atoms in total. The summed E-state index contributed by atoms with van der Waals surface area (Å²) in [4.78, 5) is 36.1. The molecule has 0 aliphatic carbocycles. The Kier molecular flexibility index (Phi) is 5.29. The summed E-state index contributed by atoms with van der Waals surface area (Å²) >= 11 is 7.33. The smallest absolute Gasteiger partial charge is 0.286 e. The average Bonchev–Trinajstić information content (AvgIpc) is 3.30. The van der Waals surface area contributed by atoms with Crippen LogP contribution in [0.3, 0.4) is 0 Å². The minimum atomic E-state index is -0.626. The third-order valence-electron chi connectivity index (χ3n) is 4.56. The van der Waals surface area contributed by atoms with Crippen molar-refractivity contribution in [2.45, 2.75) is 18.2 Å². The Bertz CT molecular complexity index is 1150. The molecule has 29 heavy (non-hydrogen) atoms. The van der Waals surface area contributed by atoms with Crippen LogP contribution in [0.2, 0.25) is 5.02 Å². The molecule has 2 N–H and O–H groups in total. The minimum absolute atomic E-state index is 0.00104. The van der Waals surface area contributed by atoms with Crippen LogP contribution in [0.25, 0.3) is 11.0 Å². The summed E-state index contributed by atoms with van der Waals surface area (Å²) in [5.41, 5.74) is 1.40. The molecule has 1 atom stereocenters. The highest BCUT2D eigenvalue weighted by Crippen LogP contribution is 2.34. The van der Waals surface area contributed by atoms with E-state index in [4.69, 9.17) is 16.0 Å². The van der Waals surface area contributed by atoms with Crippen molar-refractivity contribution >= 4 is 51.4 Å². The Morgan fingerprint density at radius 2 is 2.03 bits per heavy atom. The second-order valence-corrected chi connectivity index (χ2v) is 7.98. The molecule has 1 aromatic heterocycles. The Morgan fingerprint density at radius 3 is 2.76 bits per heavy atom. The van der Waals surface area contributed by atoms with Crippen molar-refractivity contribution in [3.63, 3.8) is 0 Å². The second-order valence-electron chi connectivity index (χ2n) is 6.42. The van der Waals surface area contributed by atoms with E-state index in [9.17, 15) is 18.8 Å². The number of hydrogen-bond acceptors (Lipinski definition) is 5. The number of thioether (sulfide) groups is 1. The van der Waals surface area contributed by atoms with Crippen molar-refractivity contribution in [3.8, 4) is 0 Å². The molecule has 9 heteroatoms. The van der Waals surface area contributed by atoms with Gasteiger partial charge in [0.15, 0.2) is 0 Å². The lowest BCUT2D eigenvalue weighted by molar-refractivity contribution is -0.118. The largest absolute Gasteiger partial charge is 0.463 e. The molecule has 2 heterocycles. The fourth-order valence-corrected chi connectivity index (χ4v) is 4.25. The lowest BCUT2D eigenvalue weighted by Gasteiger charge is -2.12. The maximum atomic E-state index is 13.8. The number of fused-ring (bicyclic) bond motifs is 1. The number of nitrogens with one attached hydrogen (secondary N) is 2. The molecule has 0 radical (unpaired) electrons. The molecule has 1 aliphatic rings. The molecule has 2 aromatic carbocycles. The van der Waals surface area contributed by atoms with Crippen LogP contribution in [-0.2, 0) is 17.8 Å². The van der Waals surface area contributed by atoms with Gasteiger partial charge in [-0.1, -0.05) is 41.6 Å². The van der Waals surface area contributed by atoms with Crippen LogP contribution in [0, 0.1) is 5.82 Å². The number of hydrogen-bond donors (Lipinski definition) is 2. The molecule has 3 amide bonds. The zero-order valence-corrected chi connectivity index (χ0v) is 16.4. The molecule has 0 saturated carbocycles. The van der Waals surface area contributed by atoms with Crippen LogP contribution < -0.4 is 10.6 Å². The summed E-state index contributed by atoms with van der Waals surface area (Å²) in [5, 5.41) is 4.74. The van der Waals surface area contributed by atoms with E-state index in [0.717, 1.165) is 11.8 Å². The SMILES string of the molecule is O=C1NC(=O)C(Cc2cc(C(=O)NCc3ccccc3F)c3occc3c2Cl)S1. The van der Waals surface area contributed by atoms with Crippen LogP contribution in [0.4, 0.5) is 9.18 Å². The van der Waals surface area contributed by atoms with Gasteiger partial charge in [-0.3, -0.25) is 19.7 Å². The predicted octanol–water partition coefficient (Wildman–Crippen LogP) is 4.05. The summed E-state index contributed by atoms with van der Waals surface area (Å²) in [6.07, 6.45) is 1.59. The van der Waals surface area contributed by atoms with Crippen molar-refractivity contribution in [3.05, 3.63) is 70.2 Å². The highest BCUT2D eigenvalue weighted by molar-refractivity contribution is 8.15. The van der Waals surface area contributed by atoms with E-state index in [1.165, 1.54) is 12.3 Å². The van der Waals surface area contributed by atoms with E-state index >= 15 is 0 Å². The number of halogens is 2. The summed E-state index contributed by atoms with van der Waals surface area (Å²) in [7, 11) is 0. The van der Waals surface area contributed by atoms with E-state index in [2.05, 4.69) is 10.6 Å². The molecule has 1 aliphatic heterocycles. The first-order valence-corrected chi connectivity index (χ1v) is 9.91. The maximum Gasteiger partial charge on any atom is 0.286 e. The standard InChI is InChI=1S/C20H14ClFN2O4S/c21-16-11(8-15-19(26)24-20(27)29-15)7-13(17-12(16)5-6-28-17)18(25)23-9-10-3-1-2-4-14(10)22/h1-7,15H,8-9H2,(H,23,25)(H,24,26,27). The number of furan rings is 1. The highest BCUT2D eigenvalue weighted by atomic mass is 35.5. The first kappa shape index (κ1) is 19.5. The Morgan fingerprint density at radius 1 is 1.24 bits per heavy atom. The molecule has 0 bridgehead atoms. The van der Waals surface area contributed by atoms with Crippen LogP contribution in [0.1, 0.15) is 21.5 Å². The summed E-state index contributed by atoms with van der Waals surface area (Å²) < 4.78 is 19.2. The number of imide groups is 1. The monoisotopic (exact) mass is 432 g/mol. The average molecular weight is 433 g/mol. The summed E-state index contributed by atoms with van der Waals surface area (Å²) in [5.74, 6) is -1.28. The van der Waals surface area contributed by atoms with Crippen LogP contribution >= 0.6 is 23.4 Å². The minimum Gasteiger partial charge on any atom is -0.463 e. The normalized spacial score (nSPS) is 16.3. The van der Waals surface area contributed by atoms with E-state index in [0.29, 0.717) is 27.1 Å². The highest BCUT2D eigenvalue weighted by Gasteiger charge is 2.32. The van der Waals surface area contributed by atoms with Gasteiger partial charge in [0.05, 0.1) is 22.1 Å². The quantitative estimate of drug-likeness (QED) is 0.635. The van der Waals surface area contributed by atoms with Gasteiger partial charge in [0, 0.05) is 17.5 Å². The van der Waals surface area contributed by atoms with Gasteiger partial charge in [-0.05, 0) is 30.2 Å². The number of carbonyl (C=O) groups excluding carboxylic acids is 3. The molecule has 3 aromatic rings. The predicted molar refractivity (Wildman–Crippen MR) is 107 cm³/mol.